The van der Waals surface area contributed by atoms with E-state index < -0.39 is 0 Å². The average molecular weight is 280 g/mol. The predicted octanol–water partition coefficient (Wildman–Crippen LogP) is 4.30. The van der Waals surface area contributed by atoms with Gasteiger partial charge in [-0.1, -0.05) is 45.0 Å². The van der Waals surface area contributed by atoms with E-state index >= 15 is 0 Å². The Morgan fingerprint density at radius 3 is 2.38 bits per heavy atom. The molecule has 1 aliphatic rings. The average Bonchev–Trinajstić information content (AvgIpc) is 3.29. The van der Waals surface area contributed by atoms with E-state index in [2.05, 4.69) is 61.4 Å². The van der Waals surface area contributed by atoms with Gasteiger partial charge in [0.25, 0.3) is 0 Å². The second-order valence-electron chi connectivity index (χ2n) is 7.06. The maximum Gasteiger partial charge on any atom is 0.0346 e. The van der Waals surface area contributed by atoms with Crippen molar-refractivity contribution in [3.8, 4) is 11.1 Å². The Bertz CT molecular complexity index is 604. The molecule has 0 saturated heterocycles. The number of nitrogens with one attached hydrogen (secondary N) is 1. The van der Waals surface area contributed by atoms with Gasteiger partial charge in [0.2, 0.25) is 0 Å². The van der Waals surface area contributed by atoms with Crippen molar-refractivity contribution in [3.63, 3.8) is 0 Å². The molecule has 0 radical (unpaired) electrons. The van der Waals surface area contributed by atoms with Crippen LogP contribution in [0.2, 0.25) is 0 Å². The van der Waals surface area contributed by atoms with Crippen molar-refractivity contribution in [1.29, 1.82) is 0 Å². The van der Waals surface area contributed by atoms with Crippen molar-refractivity contribution < 1.29 is 0 Å². The lowest BCUT2D eigenvalue weighted by atomic mass is 9.86. The molecule has 1 heterocycles. The van der Waals surface area contributed by atoms with Crippen LogP contribution in [0.1, 0.15) is 44.7 Å². The molecule has 0 bridgehead atoms. The number of pyridine rings is 1. The van der Waals surface area contributed by atoms with Gasteiger partial charge in [0.1, 0.15) is 0 Å². The molecular weight excluding hydrogens is 256 g/mol. The van der Waals surface area contributed by atoms with Crippen LogP contribution in [-0.4, -0.2) is 11.0 Å². The quantitative estimate of drug-likeness (QED) is 0.903. The molecule has 0 spiro atoms. The second-order valence-corrected chi connectivity index (χ2v) is 7.06. The molecule has 1 aromatic carbocycles. The summed E-state index contributed by atoms with van der Waals surface area (Å²) in [4.78, 5) is 4.39. The first-order valence-electron chi connectivity index (χ1n) is 7.80. The molecular formula is C19H24N2. The minimum Gasteiger partial charge on any atom is -0.310 e. The Morgan fingerprint density at radius 1 is 1.05 bits per heavy atom. The minimum absolute atomic E-state index is 0.201. The highest BCUT2D eigenvalue weighted by atomic mass is 14.9. The smallest absolute Gasteiger partial charge is 0.0346 e. The summed E-state index contributed by atoms with van der Waals surface area (Å²) in [5.41, 5.74) is 5.27. The van der Waals surface area contributed by atoms with Gasteiger partial charge in [-0.25, -0.2) is 0 Å². The number of hydrogen-bond acceptors (Lipinski definition) is 2. The highest BCUT2D eigenvalue weighted by Gasteiger charge is 2.20. The first-order chi connectivity index (χ1) is 10.0. The highest BCUT2D eigenvalue weighted by Crippen LogP contribution is 2.26. The van der Waals surface area contributed by atoms with Gasteiger partial charge >= 0.3 is 0 Å². The fourth-order valence-electron chi connectivity index (χ4n) is 2.45. The first kappa shape index (κ1) is 14.3. The molecule has 1 N–H and O–H groups in total. The summed E-state index contributed by atoms with van der Waals surface area (Å²) in [7, 11) is 0. The topological polar surface area (TPSA) is 24.9 Å². The number of aromatic nitrogens is 1. The molecule has 0 amide bonds. The molecule has 1 aliphatic carbocycles. The van der Waals surface area contributed by atoms with Crippen LogP contribution in [0.25, 0.3) is 11.1 Å². The lowest BCUT2D eigenvalue weighted by molar-refractivity contribution is 0.590. The maximum atomic E-state index is 4.39. The van der Waals surface area contributed by atoms with Crippen molar-refractivity contribution in [1.82, 2.24) is 10.3 Å². The zero-order chi connectivity index (χ0) is 14.9. The van der Waals surface area contributed by atoms with Gasteiger partial charge in [0.15, 0.2) is 0 Å². The van der Waals surface area contributed by atoms with Crippen molar-refractivity contribution in [2.24, 2.45) is 0 Å². The van der Waals surface area contributed by atoms with E-state index in [0.717, 1.165) is 12.6 Å². The minimum atomic E-state index is 0.201. The van der Waals surface area contributed by atoms with Crippen LogP contribution in [0.15, 0.2) is 42.7 Å². The van der Waals surface area contributed by atoms with Crippen LogP contribution in [0.5, 0.6) is 0 Å². The molecule has 1 saturated carbocycles. The van der Waals surface area contributed by atoms with Gasteiger partial charge in [-0.2, -0.15) is 0 Å². The standard InChI is InChI=1S/C19H24N2/c1-19(2,3)17-6-4-15(5-7-17)16-10-14(11-20-13-16)12-21-18-8-9-18/h4-7,10-11,13,18,21H,8-9,12H2,1-3H3. The van der Waals surface area contributed by atoms with E-state index in [9.17, 15) is 0 Å². The molecule has 1 fully saturated rings. The summed E-state index contributed by atoms with van der Waals surface area (Å²) < 4.78 is 0. The van der Waals surface area contributed by atoms with Crippen LogP contribution in [0, 0.1) is 0 Å². The van der Waals surface area contributed by atoms with Gasteiger partial charge in [-0.3, -0.25) is 4.98 Å². The third-order valence-corrected chi connectivity index (χ3v) is 4.05. The monoisotopic (exact) mass is 280 g/mol. The molecule has 3 rings (SSSR count). The summed E-state index contributed by atoms with van der Waals surface area (Å²) in [6.07, 6.45) is 6.55. The van der Waals surface area contributed by atoms with E-state index in [1.54, 1.807) is 0 Å². The molecule has 2 nitrogen and oxygen atoms in total. The Labute approximate surface area is 127 Å². The normalized spacial score (nSPS) is 15.2. The van der Waals surface area contributed by atoms with Crippen molar-refractivity contribution in [3.05, 3.63) is 53.9 Å². The fraction of sp³-hybridized carbons (Fsp3) is 0.421. The molecule has 1 aromatic heterocycles. The summed E-state index contributed by atoms with van der Waals surface area (Å²) in [5, 5.41) is 3.54. The molecule has 21 heavy (non-hydrogen) atoms. The van der Waals surface area contributed by atoms with Crippen LogP contribution >= 0.6 is 0 Å². The third kappa shape index (κ3) is 3.70. The number of rotatable bonds is 4. The third-order valence-electron chi connectivity index (χ3n) is 4.05. The summed E-state index contributed by atoms with van der Waals surface area (Å²) in [5.74, 6) is 0. The van der Waals surface area contributed by atoms with Gasteiger partial charge in [-0.15, -0.1) is 0 Å². The molecule has 110 valence electrons. The van der Waals surface area contributed by atoms with Crippen molar-refractivity contribution in [2.75, 3.05) is 0 Å². The van der Waals surface area contributed by atoms with Crippen molar-refractivity contribution in [2.45, 2.75) is 51.6 Å². The molecule has 0 atom stereocenters. The maximum absolute atomic E-state index is 4.39. The van der Waals surface area contributed by atoms with Crippen molar-refractivity contribution >= 4 is 0 Å². The lowest BCUT2D eigenvalue weighted by Gasteiger charge is -2.19. The second kappa shape index (κ2) is 5.61. The molecule has 0 unspecified atom stereocenters. The summed E-state index contributed by atoms with van der Waals surface area (Å²) in [6.45, 7) is 7.65. The first-order valence-corrected chi connectivity index (χ1v) is 7.80. The Morgan fingerprint density at radius 2 is 1.76 bits per heavy atom. The number of nitrogens with zero attached hydrogens (tertiary/aromatic N) is 1. The highest BCUT2D eigenvalue weighted by molar-refractivity contribution is 5.63. The van der Waals surface area contributed by atoms with Gasteiger partial charge in [0, 0.05) is 30.5 Å². The van der Waals surface area contributed by atoms with E-state index in [1.807, 2.05) is 12.4 Å². The zero-order valence-corrected chi connectivity index (χ0v) is 13.2. The van der Waals surface area contributed by atoms with Gasteiger partial charge < -0.3 is 5.32 Å². The molecule has 2 aromatic rings. The number of benzene rings is 1. The fourth-order valence-corrected chi connectivity index (χ4v) is 2.45. The predicted molar refractivity (Wildman–Crippen MR) is 88.2 cm³/mol. The largest absolute Gasteiger partial charge is 0.310 e. The van der Waals surface area contributed by atoms with E-state index in [1.165, 1.54) is 35.1 Å². The van der Waals surface area contributed by atoms with E-state index in [-0.39, 0.29) is 5.41 Å². The van der Waals surface area contributed by atoms with Crippen LogP contribution in [0.4, 0.5) is 0 Å². The summed E-state index contributed by atoms with van der Waals surface area (Å²) >= 11 is 0. The van der Waals surface area contributed by atoms with Gasteiger partial charge in [-0.05, 0) is 41.0 Å². The Balaban J connectivity index is 1.77. The van der Waals surface area contributed by atoms with E-state index in [4.69, 9.17) is 0 Å². The Kier molecular flexibility index (Phi) is 3.81. The van der Waals surface area contributed by atoms with Crippen LogP contribution in [0.3, 0.4) is 0 Å². The van der Waals surface area contributed by atoms with Crippen LogP contribution < -0.4 is 5.32 Å². The number of hydrogen-bond donors (Lipinski definition) is 1. The Hall–Kier alpha value is -1.67. The van der Waals surface area contributed by atoms with E-state index in [0.29, 0.717) is 0 Å². The SMILES string of the molecule is CC(C)(C)c1ccc(-c2cncc(CNC3CC3)c2)cc1. The van der Waals surface area contributed by atoms with Crippen LogP contribution in [-0.2, 0) is 12.0 Å². The molecule has 0 aliphatic heterocycles. The lowest BCUT2D eigenvalue weighted by Crippen LogP contribution is -2.15. The summed E-state index contributed by atoms with van der Waals surface area (Å²) in [6, 6.07) is 11.8. The van der Waals surface area contributed by atoms with Gasteiger partial charge in [0.05, 0.1) is 0 Å². The molecule has 2 heteroatoms. The zero-order valence-electron chi connectivity index (χ0n) is 13.2.